The van der Waals surface area contributed by atoms with Gasteiger partial charge in [0.2, 0.25) is 0 Å². The Morgan fingerprint density at radius 3 is 1.45 bits per heavy atom. The summed E-state index contributed by atoms with van der Waals surface area (Å²) in [5.74, 6) is -0.773. The van der Waals surface area contributed by atoms with Gasteiger partial charge in [-0.3, -0.25) is 9.59 Å². The Morgan fingerprint density at radius 2 is 0.886 bits per heavy atom. The highest BCUT2D eigenvalue weighted by atomic mass is 16.5. The Bertz CT molecular complexity index is 708. The van der Waals surface area contributed by atoms with Gasteiger partial charge in [0.1, 0.15) is 6.10 Å². The summed E-state index contributed by atoms with van der Waals surface area (Å²) in [6.07, 6.45) is 45.9. The van der Waals surface area contributed by atoms with Crippen LogP contribution in [0.25, 0.3) is 0 Å². The van der Waals surface area contributed by atoms with Gasteiger partial charge in [0.25, 0.3) is 0 Å². The van der Waals surface area contributed by atoms with Crippen LogP contribution in [-0.4, -0.2) is 23.1 Å². The lowest BCUT2D eigenvalue weighted by molar-refractivity contribution is -0.150. The number of rotatable bonds is 34. The highest BCUT2D eigenvalue weighted by molar-refractivity contribution is 5.69. The number of unbranched alkanes of at least 4 members (excludes halogenated alkanes) is 19. The van der Waals surface area contributed by atoms with Gasteiger partial charge in [0.05, 0.1) is 0 Å². The molecule has 1 atom stereocenters. The molecule has 0 rings (SSSR count). The first-order chi connectivity index (χ1) is 21.6. The van der Waals surface area contributed by atoms with Gasteiger partial charge in [-0.15, -0.1) is 0 Å². The summed E-state index contributed by atoms with van der Waals surface area (Å²) in [6.45, 7) is 4.50. The van der Waals surface area contributed by atoms with Crippen molar-refractivity contribution in [1.29, 1.82) is 0 Å². The minimum atomic E-state index is -0.728. The smallest absolute Gasteiger partial charge is 0.306 e. The predicted octanol–water partition coefficient (Wildman–Crippen LogP) is 13.0. The highest BCUT2D eigenvalue weighted by Gasteiger charge is 2.14. The monoisotopic (exact) mass is 617 g/mol. The maximum atomic E-state index is 12.5. The van der Waals surface area contributed by atoms with Crippen LogP contribution in [0.1, 0.15) is 200 Å². The minimum Gasteiger partial charge on any atom is -0.481 e. The summed E-state index contributed by atoms with van der Waals surface area (Å²) in [4.78, 5) is 23.3. The van der Waals surface area contributed by atoms with E-state index in [0.717, 1.165) is 51.4 Å². The number of ether oxygens (including phenoxy) is 1. The molecule has 0 aromatic rings. The summed E-state index contributed by atoms with van der Waals surface area (Å²) in [5, 5.41) is 8.85. The lowest BCUT2D eigenvalue weighted by Crippen LogP contribution is -2.18. The fourth-order valence-electron chi connectivity index (χ4n) is 5.50. The third kappa shape index (κ3) is 34.6. The molecule has 1 unspecified atom stereocenters. The first-order valence-corrected chi connectivity index (χ1v) is 19.0. The molecule has 0 fully saturated rings. The van der Waals surface area contributed by atoms with Crippen LogP contribution in [0.4, 0.5) is 0 Å². The lowest BCUT2D eigenvalue weighted by atomic mass is 10.0. The summed E-state index contributed by atoms with van der Waals surface area (Å²) in [6, 6.07) is 0. The maximum Gasteiger partial charge on any atom is 0.306 e. The first-order valence-electron chi connectivity index (χ1n) is 19.0. The minimum absolute atomic E-state index is 0.00134. The number of carboxylic acid groups (broad SMARTS) is 1. The van der Waals surface area contributed by atoms with E-state index < -0.39 is 5.97 Å². The van der Waals surface area contributed by atoms with Crippen molar-refractivity contribution in [3.05, 3.63) is 36.5 Å². The van der Waals surface area contributed by atoms with Gasteiger partial charge in [-0.2, -0.15) is 0 Å². The normalized spacial score (nSPS) is 12.6. The average molecular weight is 617 g/mol. The Morgan fingerprint density at radius 1 is 0.500 bits per heavy atom. The molecule has 0 aliphatic heterocycles. The van der Waals surface area contributed by atoms with E-state index in [9.17, 15) is 9.59 Å². The van der Waals surface area contributed by atoms with Gasteiger partial charge in [-0.05, 0) is 96.3 Å². The lowest BCUT2D eigenvalue weighted by Gasteiger charge is -2.18. The number of carbonyl (C=O) groups excluding carboxylic acids is 1. The third-order valence-electron chi connectivity index (χ3n) is 8.33. The van der Waals surface area contributed by atoms with E-state index in [4.69, 9.17) is 9.84 Å². The molecule has 0 bridgehead atoms. The largest absolute Gasteiger partial charge is 0.481 e. The van der Waals surface area contributed by atoms with Crippen molar-refractivity contribution in [3.8, 4) is 0 Å². The fraction of sp³-hybridized carbons (Fsp3) is 0.800. The molecule has 1 N–H and O–H groups in total. The molecule has 4 heteroatoms. The average Bonchev–Trinajstić information content (AvgIpc) is 3.00. The Kier molecular flexibility index (Phi) is 34.1. The van der Waals surface area contributed by atoms with E-state index in [-0.39, 0.29) is 18.5 Å². The maximum absolute atomic E-state index is 12.5. The Labute approximate surface area is 273 Å². The van der Waals surface area contributed by atoms with Crippen molar-refractivity contribution in [2.45, 2.75) is 206 Å². The van der Waals surface area contributed by atoms with E-state index >= 15 is 0 Å². The van der Waals surface area contributed by atoms with Crippen molar-refractivity contribution in [1.82, 2.24) is 0 Å². The van der Waals surface area contributed by atoms with Crippen molar-refractivity contribution >= 4 is 11.9 Å². The van der Waals surface area contributed by atoms with Gasteiger partial charge >= 0.3 is 11.9 Å². The highest BCUT2D eigenvalue weighted by Crippen LogP contribution is 2.18. The van der Waals surface area contributed by atoms with Crippen LogP contribution in [-0.2, 0) is 14.3 Å². The van der Waals surface area contributed by atoms with Gasteiger partial charge in [0.15, 0.2) is 0 Å². The number of hydrogen-bond acceptors (Lipinski definition) is 3. The van der Waals surface area contributed by atoms with Crippen molar-refractivity contribution < 1.29 is 19.4 Å². The quantitative estimate of drug-likeness (QED) is 0.0444. The molecule has 0 aliphatic carbocycles. The zero-order valence-electron chi connectivity index (χ0n) is 29.2. The van der Waals surface area contributed by atoms with Crippen molar-refractivity contribution in [2.24, 2.45) is 0 Å². The van der Waals surface area contributed by atoms with Gasteiger partial charge < -0.3 is 9.84 Å². The standard InChI is InChI=1S/C40H72O4/c1-3-5-7-9-11-12-13-14-15-16-17-18-19-20-21-22-23-24-26-28-33-37-40(43)44-38(35-31-29-32-36-39(41)42)34-30-27-25-10-8-6-4-2/h11-12,14-15,20-21,38H,3-10,13,16-19,22-37H2,1-2H3,(H,41,42)/b12-11-,15-14-,21-20-. The van der Waals surface area contributed by atoms with E-state index in [2.05, 4.69) is 50.3 Å². The van der Waals surface area contributed by atoms with Crippen LogP contribution in [0.5, 0.6) is 0 Å². The van der Waals surface area contributed by atoms with E-state index in [0.29, 0.717) is 12.8 Å². The molecule has 0 aliphatic rings. The topological polar surface area (TPSA) is 63.6 Å². The molecule has 256 valence electrons. The molecular weight excluding hydrogens is 544 g/mol. The summed E-state index contributed by atoms with van der Waals surface area (Å²) in [7, 11) is 0. The molecule has 0 amide bonds. The van der Waals surface area contributed by atoms with Crippen molar-refractivity contribution in [3.63, 3.8) is 0 Å². The molecule has 0 spiro atoms. The Balaban J connectivity index is 3.83. The molecule has 0 aromatic heterocycles. The van der Waals surface area contributed by atoms with Crippen LogP contribution in [0, 0.1) is 0 Å². The molecule has 0 heterocycles. The number of allylic oxidation sites excluding steroid dienone is 6. The van der Waals surface area contributed by atoms with Gasteiger partial charge in [-0.25, -0.2) is 0 Å². The summed E-state index contributed by atoms with van der Waals surface area (Å²) < 4.78 is 5.90. The predicted molar refractivity (Wildman–Crippen MR) is 190 cm³/mol. The molecule has 0 aromatic carbocycles. The first kappa shape index (κ1) is 42.2. The second-order valence-corrected chi connectivity index (χ2v) is 12.8. The Hall–Kier alpha value is -1.84. The molecule has 44 heavy (non-hydrogen) atoms. The SMILES string of the molecule is CCCCC/C=C\C/C=C\CCCC/C=C\CCCCCCCC(=O)OC(CCCCCCCCC)CCCCCC(=O)O. The third-order valence-corrected chi connectivity index (χ3v) is 8.33. The second-order valence-electron chi connectivity index (χ2n) is 12.8. The van der Waals surface area contributed by atoms with Crippen LogP contribution in [0.15, 0.2) is 36.5 Å². The second kappa shape index (κ2) is 35.6. The number of carbonyl (C=O) groups is 2. The number of carboxylic acids is 1. The zero-order valence-corrected chi connectivity index (χ0v) is 29.2. The zero-order chi connectivity index (χ0) is 32.2. The van der Waals surface area contributed by atoms with Crippen LogP contribution in [0.3, 0.4) is 0 Å². The van der Waals surface area contributed by atoms with E-state index in [1.165, 1.54) is 116 Å². The number of hydrogen-bond donors (Lipinski definition) is 1. The molecule has 4 nitrogen and oxygen atoms in total. The fourth-order valence-corrected chi connectivity index (χ4v) is 5.50. The van der Waals surface area contributed by atoms with Crippen LogP contribution in [0.2, 0.25) is 0 Å². The molecular formula is C40H72O4. The number of aliphatic carboxylic acids is 1. The van der Waals surface area contributed by atoms with Crippen LogP contribution < -0.4 is 0 Å². The van der Waals surface area contributed by atoms with Gasteiger partial charge in [-0.1, -0.05) is 127 Å². The summed E-state index contributed by atoms with van der Waals surface area (Å²) >= 11 is 0. The molecule has 0 saturated carbocycles. The molecule has 0 saturated heterocycles. The van der Waals surface area contributed by atoms with E-state index in [1.54, 1.807) is 0 Å². The van der Waals surface area contributed by atoms with Crippen molar-refractivity contribution in [2.75, 3.05) is 0 Å². The van der Waals surface area contributed by atoms with E-state index in [1.807, 2.05) is 0 Å². The van der Waals surface area contributed by atoms with Gasteiger partial charge in [0, 0.05) is 12.8 Å². The number of esters is 1. The summed E-state index contributed by atoms with van der Waals surface area (Å²) in [5.41, 5.74) is 0. The van der Waals surface area contributed by atoms with Crippen LogP contribution >= 0.6 is 0 Å². The molecule has 0 radical (unpaired) electrons.